The minimum atomic E-state index is -0.764. The Balaban J connectivity index is 1.50. The number of hydrogen-bond donors (Lipinski definition) is 2. The van der Waals surface area contributed by atoms with Gasteiger partial charge in [0.15, 0.2) is 0 Å². The minimum absolute atomic E-state index is 0.00292. The molecule has 1 aromatic rings. The monoisotopic (exact) mass is 280 g/mol. The number of nitrogens with one attached hydrogen (secondary N) is 2. The van der Waals surface area contributed by atoms with Crippen LogP contribution in [0.4, 0.5) is 19.3 Å². The normalized spacial score (nSPS) is 27.6. The van der Waals surface area contributed by atoms with E-state index >= 15 is 0 Å². The van der Waals surface area contributed by atoms with Crippen LogP contribution >= 0.6 is 0 Å². The summed E-state index contributed by atoms with van der Waals surface area (Å²) in [5.41, 5.74) is -0.00292. The maximum absolute atomic E-state index is 13.4. The van der Waals surface area contributed by atoms with Crippen LogP contribution in [0.25, 0.3) is 0 Å². The smallest absolute Gasteiger partial charge is 0.319 e. The van der Waals surface area contributed by atoms with Crippen LogP contribution in [0.1, 0.15) is 25.7 Å². The molecular weight excluding hydrogens is 262 g/mol. The second-order valence-corrected chi connectivity index (χ2v) is 5.89. The molecule has 2 amide bonds. The molecule has 3 nitrogen and oxygen atoms in total. The van der Waals surface area contributed by atoms with Crippen molar-refractivity contribution < 1.29 is 13.6 Å². The second-order valence-electron chi connectivity index (χ2n) is 5.89. The molecule has 3 rings (SSSR count). The number of halogens is 2. The lowest BCUT2D eigenvalue weighted by Crippen LogP contribution is -2.34. The van der Waals surface area contributed by atoms with Crippen molar-refractivity contribution in [2.75, 3.05) is 11.9 Å². The van der Waals surface area contributed by atoms with Gasteiger partial charge in [-0.05, 0) is 49.1 Å². The van der Waals surface area contributed by atoms with E-state index in [-0.39, 0.29) is 5.69 Å². The summed E-state index contributed by atoms with van der Waals surface area (Å²) in [4.78, 5) is 11.7. The number of rotatable bonds is 3. The van der Waals surface area contributed by atoms with Gasteiger partial charge in [0.2, 0.25) is 0 Å². The van der Waals surface area contributed by atoms with E-state index in [2.05, 4.69) is 10.6 Å². The molecule has 20 heavy (non-hydrogen) atoms. The van der Waals surface area contributed by atoms with Gasteiger partial charge >= 0.3 is 6.03 Å². The van der Waals surface area contributed by atoms with Crippen molar-refractivity contribution >= 4 is 11.7 Å². The summed E-state index contributed by atoms with van der Waals surface area (Å²) in [6, 6.07) is 2.67. The van der Waals surface area contributed by atoms with Crippen LogP contribution in [0.15, 0.2) is 18.2 Å². The molecule has 2 N–H and O–H groups in total. The standard InChI is InChI=1S/C15H18F2N2O/c16-12-3-4-14(13(17)7-12)19-15(20)18-8-11-6-9-1-2-10(11)5-9/h3-4,7,9-11H,1-2,5-6,8H2,(H2,18,19,20)/t9-,10+,11+/m0/s1. The predicted octanol–water partition coefficient (Wildman–Crippen LogP) is 3.52. The first-order valence-electron chi connectivity index (χ1n) is 7.11. The van der Waals surface area contributed by atoms with Gasteiger partial charge in [-0.15, -0.1) is 0 Å². The molecule has 5 heteroatoms. The molecule has 0 aliphatic heterocycles. The lowest BCUT2D eigenvalue weighted by atomic mass is 9.89. The Morgan fingerprint density at radius 1 is 1.25 bits per heavy atom. The van der Waals surface area contributed by atoms with Crippen LogP contribution in [-0.4, -0.2) is 12.6 Å². The highest BCUT2D eigenvalue weighted by Gasteiger charge is 2.39. The Labute approximate surface area is 116 Å². The molecule has 2 fully saturated rings. The Morgan fingerprint density at radius 3 is 2.75 bits per heavy atom. The number of fused-ring (bicyclic) bond motifs is 2. The fourth-order valence-corrected chi connectivity index (χ4v) is 3.61. The van der Waals surface area contributed by atoms with Crippen LogP contribution in [0.5, 0.6) is 0 Å². The molecule has 0 radical (unpaired) electrons. The fraction of sp³-hybridized carbons (Fsp3) is 0.533. The number of benzene rings is 1. The highest BCUT2D eigenvalue weighted by molar-refractivity contribution is 5.89. The SMILES string of the molecule is O=C(NC[C@H]1C[C@H]2CC[C@@H]1C2)Nc1ccc(F)cc1F. The fourth-order valence-electron chi connectivity index (χ4n) is 3.61. The molecule has 0 spiro atoms. The van der Waals surface area contributed by atoms with Crippen molar-refractivity contribution in [3.05, 3.63) is 29.8 Å². The maximum atomic E-state index is 13.4. The highest BCUT2D eigenvalue weighted by Crippen LogP contribution is 2.47. The predicted molar refractivity (Wildman–Crippen MR) is 72.3 cm³/mol. The van der Waals surface area contributed by atoms with E-state index in [1.165, 1.54) is 31.7 Å². The van der Waals surface area contributed by atoms with E-state index in [1.54, 1.807) is 0 Å². The van der Waals surface area contributed by atoms with Crippen molar-refractivity contribution in [3.8, 4) is 0 Å². The summed E-state index contributed by atoms with van der Waals surface area (Å²) in [6.07, 6.45) is 5.08. The quantitative estimate of drug-likeness (QED) is 0.874. The first kappa shape index (κ1) is 13.3. The molecule has 2 bridgehead atoms. The van der Waals surface area contributed by atoms with Crippen LogP contribution in [0, 0.1) is 29.4 Å². The van der Waals surface area contributed by atoms with Crippen molar-refractivity contribution in [1.82, 2.24) is 5.32 Å². The molecule has 2 saturated carbocycles. The summed E-state index contributed by atoms with van der Waals surface area (Å²) in [5.74, 6) is 0.709. The molecule has 108 valence electrons. The molecule has 3 atom stereocenters. The number of carbonyl (C=O) groups excluding carboxylic acids is 1. The van der Waals surface area contributed by atoms with Crippen molar-refractivity contribution in [2.24, 2.45) is 17.8 Å². The molecule has 0 heterocycles. The van der Waals surface area contributed by atoms with Crippen molar-refractivity contribution in [3.63, 3.8) is 0 Å². The first-order valence-corrected chi connectivity index (χ1v) is 7.11. The summed E-state index contributed by atoms with van der Waals surface area (Å²) >= 11 is 0. The average molecular weight is 280 g/mol. The molecule has 0 saturated heterocycles. The lowest BCUT2D eigenvalue weighted by Gasteiger charge is -2.21. The van der Waals surface area contributed by atoms with Gasteiger partial charge < -0.3 is 10.6 Å². The van der Waals surface area contributed by atoms with Gasteiger partial charge in [0.05, 0.1) is 5.69 Å². The number of carbonyl (C=O) groups is 1. The molecule has 2 aliphatic carbocycles. The Morgan fingerprint density at radius 2 is 2.10 bits per heavy atom. The van der Waals surface area contributed by atoms with Gasteiger partial charge in [0.25, 0.3) is 0 Å². The molecule has 0 unspecified atom stereocenters. The molecule has 2 aliphatic rings. The first-order chi connectivity index (χ1) is 9.61. The minimum Gasteiger partial charge on any atom is -0.338 e. The van der Waals surface area contributed by atoms with Gasteiger partial charge in [-0.1, -0.05) is 6.42 Å². The number of amides is 2. The Hall–Kier alpha value is -1.65. The van der Waals surface area contributed by atoms with Gasteiger partial charge in [0.1, 0.15) is 11.6 Å². The number of urea groups is 1. The molecule has 0 aromatic heterocycles. The zero-order valence-corrected chi connectivity index (χ0v) is 11.2. The van der Waals surface area contributed by atoms with Crippen molar-refractivity contribution in [2.45, 2.75) is 25.7 Å². The van der Waals surface area contributed by atoms with Gasteiger partial charge in [-0.2, -0.15) is 0 Å². The molecular formula is C15H18F2N2O. The van der Waals surface area contributed by atoms with Crippen LogP contribution < -0.4 is 10.6 Å². The topological polar surface area (TPSA) is 41.1 Å². The third-order valence-electron chi connectivity index (χ3n) is 4.59. The average Bonchev–Trinajstić information content (AvgIpc) is 3.02. The Bertz CT molecular complexity index is 521. The van der Waals surface area contributed by atoms with Gasteiger partial charge in [-0.25, -0.2) is 13.6 Å². The third kappa shape index (κ3) is 2.76. The van der Waals surface area contributed by atoms with Crippen molar-refractivity contribution in [1.29, 1.82) is 0 Å². The molecule has 1 aromatic carbocycles. The van der Waals surface area contributed by atoms with E-state index in [9.17, 15) is 13.6 Å². The Kier molecular flexibility index (Phi) is 3.59. The lowest BCUT2D eigenvalue weighted by molar-refractivity contribution is 0.245. The zero-order chi connectivity index (χ0) is 14.1. The van der Waals surface area contributed by atoms with E-state index in [1.807, 2.05) is 0 Å². The van der Waals surface area contributed by atoms with E-state index in [0.29, 0.717) is 12.5 Å². The highest BCUT2D eigenvalue weighted by atomic mass is 19.1. The number of anilines is 1. The van der Waals surface area contributed by atoms with E-state index in [0.717, 1.165) is 24.0 Å². The second kappa shape index (κ2) is 5.38. The van der Waals surface area contributed by atoms with Crippen LogP contribution in [-0.2, 0) is 0 Å². The largest absolute Gasteiger partial charge is 0.338 e. The zero-order valence-electron chi connectivity index (χ0n) is 11.2. The van der Waals surface area contributed by atoms with Gasteiger partial charge in [-0.3, -0.25) is 0 Å². The van der Waals surface area contributed by atoms with Crippen LogP contribution in [0.2, 0.25) is 0 Å². The number of hydrogen-bond acceptors (Lipinski definition) is 1. The maximum Gasteiger partial charge on any atom is 0.319 e. The summed E-state index contributed by atoms with van der Waals surface area (Å²) < 4.78 is 26.1. The van der Waals surface area contributed by atoms with Crippen LogP contribution in [0.3, 0.4) is 0 Å². The van der Waals surface area contributed by atoms with Gasteiger partial charge in [0, 0.05) is 12.6 Å². The summed E-state index contributed by atoms with van der Waals surface area (Å²) in [5, 5.41) is 5.20. The van der Waals surface area contributed by atoms with E-state index < -0.39 is 17.7 Å². The summed E-state index contributed by atoms with van der Waals surface area (Å²) in [6.45, 7) is 0.635. The third-order valence-corrected chi connectivity index (χ3v) is 4.59. The van der Waals surface area contributed by atoms with E-state index in [4.69, 9.17) is 0 Å². The summed E-state index contributed by atoms with van der Waals surface area (Å²) in [7, 11) is 0.